The van der Waals surface area contributed by atoms with Gasteiger partial charge >= 0.3 is 0 Å². The van der Waals surface area contributed by atoms with Gasteiger partial charge in [-0.2, -0.15) is 4.52 Å². The van der Waals surface area contributed by atoms with Crippen LogP contribution in [0.3, 0.4) is 0 Å². The standard InChI is InChI=1S/C15H9N5O/c1-3-11-10-6-4-5-7-13(10)20-15(16-11)14(17-19-20)12-8-9(2)21-18-12/h1,4-8H,2H3. The Morgan fingerprint density at radius 3 is 2.90 bits per heavy atom. The van der Waals surface area contributed by atoms with Gasteiger partial charge in [0.15, 0.2) is 11.3 Å². The van der Waals surface area contributed by atoms with Crippen molar-refractivity contribution in [3.63, 3.8) is 0 Å². The summed E-state index contributed by atoms with van der Waals surface area (Å²) < 4.78 is 6.75. The number of aryl methyl sites for hydroxylation is 1. The lowest BCUT2D eigenvalue weighted by Crippen LogP contribution is -1.97. The van der Waals surface area contributed by atoms with Crippen LogP contribution in [0.2, 0.25) is 0 Å². The van der Waals surface area contributed by atoms with Crippen LogP contribution in [0, 0.1) is 19.3 Å². The first kappa shape index (κ1) is 11.6. The summed E-state index contributed by atoms with van der Waals surface area (Å²) in [6.45, 7) is 1.82. The van der Waals surface area contributed by atoms with Crippen molar-refractivity contribution in [2.75, 3.05) is 0 Å². The minimum Gasteiger partial charge on any atom is -0.361 e. The zero-order chi connectivity index (χ0) is 14.4. The van der Waals surface area contributed by atoms with Crippen molar-refractivity contribution in [2.24, 2.45) is 0 Å². The first-order valence-electron chi connectivity index (χ1n) is 6.32. The second kappa shape index (κ2) is 4.15. The fourth-order valence-electron chi connectivity index (χ4n) is 2.32. The molecular formula is C15H9N5O. The molecule has 0 amide bonds. The van der Waals surface area contributed by atoms with E-state index >= 15 is 0 Å². The number of aromatic nitrogens is 5. The minimum absolute atomic E-state index is 0.550. The Morgan fingerprint density at radius 1 is 1.29 bits per heavy atom. The molecule has 0 fully saturated rings. The van der Waals surface area contributed by atoms with E-state index in [1.807, 2.05) is 31.2 Å². The van der Waals surface area contributed by atoms with Crippen LogP contribution in [0.15, 0.2) is 34.9 Å². The summed E-state index contributed by atoms with van der Waals surface area (Å²) in [5.74, 6) is 3.31. The highest BCUT2D eigenvalue weighted by Crippen LogP contribution is 2.24. The van der Waals surface area contributed by atoms with E-state index in [0.29, 0.717) is 28.5 Å². The van der Waals surface area contributed by atoms with Gasteiger partial charge in [0.25, 0.3) is 0 Å². The Kier molecular flexibility index (Phi) is 2.29. The second-order valence-corrected chi connectivity index (χ2v) is 4.62. The van der Waals surface area contributed by atoms with Crippen molar-refractivity contribution in [3.05, 3.63) is 41.8 Å². The molecule has 0 aliphatic carbocycles. The molecule has 0 saturated carbocycles. The van der Waals surface area contributed by atoms with Gasteiger partial charge in [-0.1, -0.05) is 22.5 Å². The summed E-state index contributed by atoms with van der Waals surface area (Å²) in [7, 11) is 0. The lowest BCUT2D eigenvalue weighted by Gasteiger charge is -2.02. The number of fused-ring (bicyclic) bond motifs is 3. The molecule has 3 heterocycles. The topological polar surface area (TPSA) is 69.1 Å². The van der Waals surface area contributed by atoms with E-state index in [4.69, 9.17) is 10.9 Å². The first-order chi connectivity index (χ1) is 10.3. The maximum Gasteiger partial charge on any atom is 0.187 e. The molecule has 3 aromatic heterocycles. The molecule has 0 unspecified atom stereocenters. The molecule has 6 heteroatoms. The minimum atomic E-state index is 0.550. The molecule has 0 aliphatic heterocycles. The monoisotopic (exact) mass is 275 g/mol. The van der Waals surface area contributed by atoms with E-state index in [1.54, 1.807) is 10.6 Å². The number of nitrogens with zero attached hydrogens (tertiary/aromatic N) is 5. The molecule has 0 atom stereocenters. The predicted molar refractivity (Wildman–Crippen MR) is 76.5 cm³/mol. The van der Waals surface area contributed by atoms with Gasteiger partial charge in [0.2, 0.25) is 0 Å². The summed E-state index contributed by atoms with van der Waals surface area (Å²) in [6.07, 6.45) is 5.57. The van der Waals surface area contributed by atoms with Crippen molar-refractivity contribution in [2.45, 2.75) is 6.92 Å². The van der Waals surface area contributed by atoms with E-state index in [9.17, 15) is 0 Å². The van der Waals surface area contributed by atoms with Gasteiger partial charge in [0, 0.05) is 11.5 Å². The number of rotatable bonds is 1. The van der Waals surface area contributed by atoms with Crippen LogP contribution >= 0.6 is 0 Å². The summed E-state index contributed by atoms with van der Waals surface area (Å²) in [5, 5.41) is 13.1. The summed E-state index contributed by atoms with van der Waals surface area (Å²) in [6, 6.07) is 9.46. The smallest absolute Gasteiger partial charge is 0.187 e. The summed E-state index contributed by atoms with van der Waals surface area (Å²) >= 11 is 0. The van der Waals surface area contributed by atoms with E-state index in [0.717, 1.165) is 10.9 Å². The van der Waals surface area contributed by atoms with Gasteiger partial charge in [0.05, 0.1) is 5.52 Å². The Hall–Kier alpha value is -3.20. The number of hydrogen-bond acceptors (Lipinski definition) is 5. The van der Waals surface area contributed by atoms with Crippen molar-refractivity contribution >= 4 is 16.6 Å². The largest absolute Gasteiger partial charge is 0.361 e. The molecule has 0 bridgehead atoms. The maximum atomic E-state index is 5.57. The highest BCUT2D eigenvalue weighted by molar-refractivity contribution is 5.88. The third-order valence-corrected chi connectivity index (χ3v) is 3.26. The van der Waals surface area contributed by atoms with E-state index in [2.05, 4.69) is 26.4 Å². The highest BCUT2D eigenvalue weighted by Gasteiger charge is 2.17. The molecule has 0 aliphatic rings. The normalized spacial score (nSPS) is 11.0. The third kappa shape index (κ3) is 1.61. The zero-order valence-electron chi connectivity index (χ0n) is 11.1. The van der Waals surface area contributed by atoms with Gasteiger partial charge in [-0.15, -0.1) is 11.5 Å². The average Bonchev–Trinajstić information content (AvgIpc) is 3.12. The average molecular weight is 275 g/mol. The fourth-order valence-corrected chi connectivity index (χ4v) is 2.32. The molecule has 1 aromatic carbocycles. The van der Waals surface area contributed by atoms with Gasteiger partial charge in [-0.05, 0) is 25.0 Å². The number of benzene rings is 1. The quantitative estimate of drug-likeness (QED) is 0.498. The van der Waals surface area contributed by atoms with E-state index < -0.39 is 0 Å². The van der Waals surface area contributed by atoms with Gasteiger partial charge in [-0.3, -0.25) is 0 Å². The van der Waals surface area contributed by atoms with Crippen molar-refractivity contribution in [1.82, 2.24) is 25.0 Å². The van der Waals surface area contributed by atoms with Crippen LogP contribution in [-0.2, 0) is 0 Å². The Morgan fingerprint density at radius 2 is 2.14 bits per heavy atom. The van der Waals surface area contributed by atoms with Crippen LogP contribution in [0.1, 0.15) is 11.5 Å². The Bertz CT molecular complexity index is 1020. The molecule has 100 valence electrons. The molecular weight excluding hydrogens is 266 g/mol. The molecule has 4 rings (SSSR count). The lowest BCUT2D eigenvalue weighted by atomic mass is 10.2. The van der Waals surface area contributed by atoms with Gasteiger partial charge in [-0.25, -0.2) is 4.98 Å². The number of para-hydroxylation sites is 1. The fraction of sp³-hybridized carbons (Fsp3) is 0.0667. The zero-order valence-corrected chi connectivity index (χ0v) is 11.1. The molecule has 6 nitrogen and oxygen atoms in total. The summed E-state index contributed by atoms with van der Waals surface area (Å²) in [4.78, 5) is 4.49. The Labute approximate surface area is 119 Å². The SMILES string of the molecule is C#Cc1nc2c(-c3cc(C)on3)nnn2c2ccccc12. The van der Waals surface area contributed by atoms with Crippen LogP contribution in [0.4, 0.5) is 0 Å². The first-order valence-corrected chi connectivity index (χ1v) is 6.32. The summed E-state index contributed by atoms with van der Waals surface area (Å²) in [5.41, 5.74) is 3.12. The molecule has 0 N–H and O–H groups in total. The van der Waals surface area contributed by atoms with Crippen molar-refractivity contribution < 1.29 is 4.52 Å². The van der Waals surface area contributed by atoms with Crippen LogP contribution in [0.25, 0.3) is 27.9 Å². The lowest BCUT2D eigenvalue weighted by molar-refractivity contribution is 0.399. The molecule has 0 radical (unpaired) electrons. The Balaban J connectivity index is 2.13. The number of terminal acetylenes is 1. The van der Waals surface area contributed by atoms with E-state index in [-0.39, 0.29) is 0 Å². The molecule has 4 aromatic rings. The van der Waals surface area contributed by atoms with E-state index in [1.165, 1.54) is 0 Å². The van der Waals surface area contributed by atoms with Crippen molar-refractivity contribution in [3.8, 4) is 23.7 Å². The van der Waals surface area contributed by atoms with Gasteiger partial charge in [0.1, 0.15) is 17.1 Å². The van der Waals surface area contributed by atoms with Crippen LogP contribution in [0.5, 0.6) is 0 Å². The van der Waals surface area contributed by atoms with Gasteiger partial charge < -0.3 is 4.52 Å². The second-order valence-electron chi connectivity index (χ2n) is 4.62. The number of hydrogen-bond donors (Lipinski definition) is 0. The molecule has 0 spiro atoms. The maximum absolute atomic E-state index is 5.57. The molecule has 21 heavy (non-hydrogen) atoms. The van der Waals surface area contributed by atoms with Crippen LogP contribution < -0.4 is 0 Å². The van der Waals surface area contributed by atoms with Crippen molar-refractivity contribution in [1.29, 1.82) is 0 Å². The molecule has 0 saturated heterocycles. The van der Waals surface area contributed by atoms with Crippen LogP contribution in [-0.4, -0.2) is 25.0 Å². The third-order valence-electron chi connectivity index (χ3n) is 3.26. The highest BCUT2D eigenvalue weighted by atomic mass is 16.5. The predicted octanol–water partition coefficient (Wildman–Crippen LogP) is 2.22.